The van der Waals surface area contributed by atoms with Gasteiger partial charge in [0.25, 0.3) is 0 Å². The molecule has 3 rings (SSSR count). The Hall–Kier alpha value is -1.09. The first-order chi connectivity index (χ1) is 10.2. The zero-order valence-electron chi connectivity index (χ0n) is 11.3. The zero-order chi connectivity index (χ0) is 14.7. The van der Waals surface area contributed by atoms with Crippen molar-refractivity contribution in [2.45, 2.75) is 11.2 Å². The molecule has 0 saturated heterocycles. The number of hydrogen-bond donors (Lipinski definition) is 0. The van der Waals surface area contributed by atoms with Crippen molar-refractivity contribution < 1.29 is 0 Å². The fourth-order valence-electron chi connectivity index (χ4n) is 2.26. The average molecular weight is 378 g/mol. The molecule has 0 radical (unpaired) electrons. The number of thiophene rings is 1. The van der Waals surface area contributed by atoms with Gasteiger partial charge in [0, 0.05) is 4.88 Å². The van der Waals surface area contributed by atoms with Crippen LogP contribution in [0.5, 0.6) is 0 Å². The molecule has 3 heteroatoms. The van der Waals surface area contributed by atoms with Gasteiger partial charge in [-0.1, -0.05) is 82.1 Å². The van der Waals surface area contributed by atoms with Gasteiger partial charge >= 0.3 is 0 Å². The lowest BCUT2D eigenvalue weighted by Gasteiger charge is -2.09. The van der Waals surface area contributed by atoms with Gasteiger partial charge in [0.05, 0.1) is 9.16 Å². The number of rotatable bonds is 4. The summed E-state index contributed by atoms with van der Waals surface area (Å²) in [7, 11) is 0. The first kappa shape index (κ1) is 14.8. The van der Waals surface area contributed by atoms with Gasteiger partial charge in [0.2, 0.25) is 0 Å². The van der Waals surface area contributed by atoms with Crippen molar-refractivity contribution in [1.82, 2.24) is 0 Å². The van der Waals surface area contributed by atoms with Crippen LogP contribution >= 0.6 is 38.9 Å². The third-order valence-corrected chi connectivity index (χ3v) is 5.99. The van der Waals surface area contributed by atoms with Crippen molar-refractivity contribution in [3.8, 4) is 0 Å². The van der Waals surface area contributed by atoms with E-state index in [2.05, 4.69) is 70.5 Å². The Kier molecular flexibility index (Phi) is 4.79. The van der Waals surface area contributed by atoms with E-state index < -0.39 is 0 Å². The van der Waals surface area contributed by atoms with Crippen molar-refractivity contribution in [2.24, 2.45) is 0 Å². The van der Waals surface area contributed by atoms with Crippen LogP contribution in [0.4, 0.5) is 0 Å². The quantitative estimate of drug-likeness (QED) is 0.457. The molecule has 0 fully saturated rings. The Labute approximate surface area is 142 Å². The smallest absolute Gasteiger partial charge is 0.0931 e. The van der Waals surface area contributed by atoms with Gasteiger partial charge in [0.15, 0.2) is 0 Å². The zero-order valence-corrected chi connectivity index (χ0v) is 14.5. The Morgan fingerprint density at radius 2 is 1.52 bits per heavy atom. The van der Waals surface area contributed by atoms with Gasteiger partial charge in [-0.15, -0.1) is 11.3 Å². The van der Waals surface area contributed by atoms with Gasteiger partial charge in [-0.05, 0) is 35.2 Å². The molecule has 0 aliphatic heterocycles. The third-order valence-electron chi connectivity index (χ3n) is 3.37. The predicted octanol–water partition coefficient (Wildman–Crippen LogP) is 6.48. The predicted molar refractivity (Wildman–Crippen MR) is 95.8 cm³/mol. The largest absolute Gasteiger partial charge is 0.127 e. The lowest BCUT2D eigenvalue weighted by Crippen LogP contribution is -1.92. The van der Waals surface area contributed by atoms with Gasteiger partial charge < -0.3 is 0 Å². The maximum atomic E-state index is 6.01. The molecule has 0 bridgehead atoms. The first-order valence-corrected chi connectivity index (χ1v) is 8.85. The Morgan fingerprint density at radius 3 is 2.14 bits per heavy atom. The first-order valence-electron chi connectivity index (χ1n) is 6.74. The molecule has 0 aliphatic rings. The molecule has 1 heterocycles. The molecule has 1 atom stereocenters. The Balaban J connectivity index is 1.75. The van der Waals surface area contributed by atoms with E-state index in [1.54, 1.807) is 11.3 Å². The van der Waals surface area contributed by atoms with Crippen LogP contribution in [-0.4, -0.2) is 0 Å². The number of alkyl halides is 1. The van der Waals surface area contributed by atoms with E-state index in [-0.39, 0.29) is 4.83 Å². The summed E-state index contributed by atoms with van der Waals surface area (Å²) in [5, 5.41) is 0. The molecule has 2 aromatic carbocycles. The molecule has 3 aromatic rings. The second-order valence-corrected chi connectivity index (χ2v) is 7.57. The van der Waals surface area contributed by atoms with Crippen LogP contribution in [-0.2, 0) is 6.42 Å². The second kappa shape index (κ2) is 6.78. The van der Waals surface area contributed by atoms with Crippen LogP contribution in [0.2, 0.25) is 4.34 Å². The topological polar surface area (TPSA) is 0 Å². The van der Waals surface area contributed by atoms with Crippen molar-refractivity contribution in [1.29, 1.82) is 0 Å². The van der Waals surface area contributed by atoms with E-state index >= 15 is 0 Å². The van der Waals surface area contributed by atoms with E-state index in [0.29, 0.717) is 0 Å². The summed E-state index contributed by atoms with van der Waals surface area (Å²) in [4.78, 5) is 1.44. The van der Waals surface area contributed by atoms with E-state index in [0.717, 1.165) is 10.8 Å². The molecular formula is C18H14BrClS. The van der Waals surface area contributed by atoms with E-state index in [1.165, 1.54) is 21.6 Å². The molecule has 21 heavy (non-hydrogen) atoms. The van der Waals surface area contributed by atoms with Gasteiger partial charge in [-0.3, -0.25) is 0 Å². The van der Waals surface area contributed by atoms with Crippen molar-refractivity contribution in [3.63, 3.8) is 0 Å². The molecular weight excluding hydrogens is 364 g/mol. The summed E-state index contributed by atoms with van der Waals surface area (Å²) in [6, 6.07) is 23.3. The summed E-state index contributed by atoms with van der Waals surface area (Å²) in [5.41, 5.74) is 3.92. The van der Waals surface area contributed by atoms with Crippen LogP contribution in [0.1, 0.15) is 26.4 Å². The van der Waals surface area contributed by atoms with Gasteiger partial charge in [0.1, 0.15) is 0 Å². The number of halogens is 2. The monoisotopic (exact) mass is 376 g/mol. The second-order valence-electron chi connectivity index (χ2n) is 4.91. The van der Waals surface area contributed by atoms with Crippen LogP contribution in [0.3, 0.4) is 0 Å². The summed E-state index contributed by atoms with van der Waals surface area (Å²) >= 11 is 11.4. The Bertz CT molecular complexity index is 704. The van der Waals surface area contributed by atoms with E-state index in [1.807, 2.05) is 12.1 Å². The molecule has 0 spiro atoms. The highest BCUT2D eigenvalue weighted by molar-refractivity contribution is 9.09. The van der Waals surface area contributed by atoms with Gasteiger partial charge in [-0.2, -0.15) is 0 Å². The molecule has 0 saturated carbocycles. The fraction of sp³-hybridized carbons (Fsp3) is 0.111. The summed E-state index contributed by atoms with van der Waals surface area (Å²) in [5.74, 6) is 0. The Morgan fingerprint density at radius 1 is 0.857 bits per heavy atom. The molecule has 0 aliphatic carbocycles. The minimum atomic E-state index is 0.209. The lowest BCUT2D eigenvalue weighted by atomic mass is 10.0. The average Bonchev–Trinajstić information content (AvgIpc) is 2.95. The van der Waals surface area contributed by atoms with Crippen LogP contribution < -0.4 is 0 Å². The maximum absolute atomic E-state index is 6.01. The summed E-state index contributed by atoms with van der Waals surface area (Å²) in [6.07, 6.45) is 0.971. The van der Waals surface area contributed by atoms with Crippen LogP contribution in [0.25, 0.3) is 0 Å². The van der Waals surface area contributed by atoms with Crippen molar-refractivity contribution in [3.05, 3.63) is 92.6 Å². The molecule has 1 aromatic heterocycles. The lowest BCUT2D eigenvalue weighted by molar-refractivity contribution is 1.16. The molecule has 1 unspecified atom stereocenters. The summed E-state index contributed by atoms with van der Waals surface area (Å²) in [6.45, 7) is 0. The minimum Gasteiger partial charge on any atom is -0.127 e. The third kappa shape index (κ3) is 3.76. The normalized spacial score (nSPS) is 12.3. The molecule has 0 amide bonds. The maximum Gasteiger partial charge on any atom is 0.0931 e. The van der Waals surface area contributed by atoms with Crippen LogP contribution in [0, 0.1) is 0 Å². The number of benzene rings is 2. The highest BCUT2D eigenvalue weighted by atomic mass is 79.9. The minimum absolute atomic E-state index is 0.209. The van der Waals surface area contributed by atoms with E-state index in [9.17, 15) is 0 Å². The van der Waals surface area contributed by atoms with E-state index in [4.69, 9.17) is 11.6 Å². The van der Waals surface area contributed by atoms with Crippen molar-refractivity contribution >= 4 is 38.9 Å². The highest BCUT2D eigenvalue weighted by Crippen LogP contribution is 2.36. The number of hydrogen-bond acceptors (Lipinski definition) is 1. The van der Waals surface area contributed by atoms with Crippen LogP contribution in [0.15, 0.2) is 66.7 Å². The molecule has 0 N–H and O–H groups in total. The standard InChI is InChI=1S/C18H14BrClS/c19-18(16-10-11-17(20)21-16)15-8-6-14(7-9-15)12-13-4-2-1-3-5-13/h1-11,18H,12H2. The molecule has 0 nitrogen and oxygen atoms in total. The fourth-order valence-corrected chi connectivity index (χ4v) is 4.07. The molecule has 106 valence electrons. The van der Waals surface area contributed by atoms with Crippen molar-refractivity contribution in [2.75, 3.05) is 0 Å². The SMILES string of the molecule is Clc1ccc(C(Br)c2ccc(Cc3ccccc3)cc2)s1. The van der Waals surface area contributed by atoms with Gasteiger partial charge in [-0.25, -0.2) is 0 Å². The summed E-state index contributed by atoms with van der Waals surface area (Å²) < 4.78 is 0.829. The highest BCUT2D eigenvalue weighted by Gasteiger charge is 2.12.